The molecular weight excluding hydrogens is 196 g/mol. The monoisotopic (exact) mass is 214 g/mol. The van der Waals surface area contributed by atoms with E-state index in [2.05, 4.69) is 0 Å². The van der Waals surface area contributed by atoms with Gasteiger partial charge in [0.05, 0.1) is 0 Å². The molecule has 0 aromatic heterocycles. The van der Waals surface area contributed by atoms with E-state index in [0.717, 1.165) is 0 Å². The van der Waals surface area contributed by atoms with Crippen molar-refractivity contribution in [2.45, 2.75) is 39.7 Å². The van der Waals surface area contributed by atoms with Gasteiger partial charge in [-0.3, -0.25) is 14.9 Å². The molecule has 5 heteroatoms. The standard InChI is InChI=1S/C10H18N2O3/c1-10(2,3)9(13)11-6-4-8(5-7-11)12(14)15/h8H,4-7H2,1-3H3. The molecule has 1 rings (SSSR count). The molecule has 0 unspecified atom stereocenters. The normalized spacial score (nSPS) is 19.0. The zero-order valence-corrected chi connectivity index (χ0v) is 9.52. The third-order valence-electron chi connectivity index (χ3n) is 2.69. The number of nitro groups is 1. The Morgan fingerprint density at radius 3 is 2.13 bits per heavy atom. The number of rotatable bonds is 1. The van der Waals surface area contributed by atoms with Crippen LogP contribution in [0.5, 0.6) is 0 Å². The maximum absolute atomic E-state index is 11.9. The lowest BCUT2D eigenvalue weighted by molar-refractivity contribution is -0.526. The van der Waals surface area contributed by atoms with Gasteiger partial charge < -0.3 is 4.90 Å². The summed E-state index contributed by atoms with van der Waals surface area (Å²) in [5.74, 6) is 0.0873. The van der Waals surface area contributed by atoms with Gasteiger partial charge in [-0.25, -0.2) is 0 Å². The van der Waals surface area contributed by atoms with Crippen molar-refractivity contribution in [3.8, 4) is 0 Å². The fraction of sp³-hybridized carbons (Fsp3) is 0.900. The molecule has 1 fully saturated rings. The third-order valence-corrected chi connectivity index (χ3v) is 2.69. The van der Waals surface area contributed by atoms with Crippen molar-refractivity contribution in [3.05, 3.63) is 10.1 Å². The summed E-state index contributed by atoms with van der Waals surface area (Å²) < 4.78 is 0. The van der Waals surface area contributed by atoms with Crippen molar-refractivity contribution in [1.82, 2.24) is 4.90 Å². The molecule has 0 atom stereocenters. The van der Waals surface area contributed by atoms with Gasteiger partial charge in [0.25, 0.3) is 0 Å². The summed E-state index contributed by atoms with van der Waals surface area (Å²) >= 11 is 0. The zero-order chi connectivity index (χ0) is 11.6. The van der Waals surface area contributed by atoms with Gasteiger partial charge in [-0.1, -0.05) is 20.8 Å². The van der Waals surface area contributed by atoms with Crippen LogP contribution in [0, 0.1) is 15.5 Å². The van der Waals surface area contributed by atoms with Gasteiger partial charge in [-0.2, -0.15) is 0 Å². The quantitative estimate of drug-likeness (QED) is 0.488. The number of amides is 1. The van der Waals surface area contributed by atoms with Crippen LogP contribution in [0.2, 0.25) is 0 Å². The van der Waals surface area contributed by atoms with E-state index in [1.807, 2.05) is 20.8 Å². The Morgan fingerprint density at radius 1 is 1.33 bits per heavy atom. The minimum absolute atomic E-state index is 0.0873. The number of hydrogen-bond acceptors (Lipinski definition) is 3. The zero-order valence-electron chi connectivity index (χ0n) is 9.52. The molecule has 0 bridgehead atoms. The first-order valence-corrected chi connectivity index (χ1v) is 5.25. The molecule has 1 saturated heterocycles. The molecule has 0 aromatic rings. The minimum atomic E-state index is -0.464. The molecule has 0 N–H and O–H groups in total. The molecule has 1 aliphatic rings. The Balaban J connectivity index is 2.51. The van der Waals surface area contributed by atoms with Crippen LogP contribution in [0.15, 0.2) is 0 Å². The summed E-state index contributed by atoms with van der Waals surface area (Å²) in [5, 5.41) is 10.5. The summed E-state index contributed by atoms with van der Waals surface area (Å²) in [5.41, 5.74) is -0.387. The number of piperidine rings is 1. The highest BCUT2D eigenvalue weighted by atomic mass is 16.6. The molecule has 86 valence electrons. The minimum Gasteiger partial charge on any atom is -0.342 e. The van der Waals surface area contributed by atoms with Crippen LogP contribution < -0.4 is 0 Å². The molecule has 1 aliphatic heterocycles. The second-order valence-corrected chi connectivity index (χ2v) is 5.06. The highest BCUT2D eigenvalue weighted by Gasteiger charge is 2.33. The number of nitrogens with zero attached hydrogens (tertiary/aromatic N) is 2. The molecule has 15 heavy (non-hydrogen) atoms. The molecular formula is C10H18N2O3. The number of carbonyl (C=O) groups excluding carboxylic acids is 1. The van der Waals surface area contributed by atoms with E-state index in [0.29, 0.717) is 25.9 Å². The van der Waals surface area contributed by atoms with E-state index in [9.17, 15) is 14.9 Å². The van der Waals surface area contributed by atoms with Crippen molar-refractivity contribution in [1.29, 1.82) is 0 Å². The first-order valence-electron chi connectivity index (χ1n) is 5.25. The number of carbonyl (C=O) groups is 1. The lowest BCUT2D eigenvalue weighted by atomic mass is 9.93. The lowest BCUT2D eigenvalue weighted by Crippen LogP contribution is -2.46. The summed E-state index contributed by atoms with van der Waals surface area (Å²) in [4.78, 5) is 23.9. The molecule has 1 amide bonds. The topological polar surface area (TPSA) is 63.5 Å². The molecule has 0 aromatic carbocycles. The van der Waals surface area contributed by atoms with Crippen molar-refractivity contribution >= 4 is 5.91 Å². The van der Waals surface area contributed by atoms with Crippen LogP contribution in [0.25, 0.3) is 0 Å². The van der Waals surface area contributed by atoms with E-state index in [-0.39, 0.29) is 16.2 Å². The summed E-state index contributed by atoms with van der Waals surface area (Å²) in [7, 11) is 0. The number of likely N-dealkylation sites (tertiary alicyclic amines) is 1. The molecule has 1 heterocycles. The SMILES string of the molecule is CC(C)(C)C(=O)N1CCC([N+](=O)[O-])CC1. The molecule has 0 spiro atoms. The average Bonchev–Trinajstić information content (AvgIpc) is 2.15. The van der Waals surface area contributed by atoms with Crippen molar-refractivity contribution in [2.75, 3.05) is 13.1 Å². The van der Waals surface area contributed by atoms with Crippen molar-refractivity contribution < 1.29 is 9.72 Å². The first-order chi connectivity index (χ1) is 6.82. The molecule has 0 radical (unpaired) electrons. The van der Waals surface area contributed by atoms with Crippen molar-refractivity contribution in [2.24, 2.45) is 5.41 Å². The van der Waals surface area contributed by atoms with E-state index in [1.165, 1.54) is 0 Å². The van der Waals surface area contributed by atoms with Gasteiger partial charge in [-0.05, 0) is 0 Å². The largest absolute Gasteiger partial charge is 0.342 e. The Morgan fingerprint density at radius 2 is 1.80 bits per heavy atom. The molecule has 0 aliphatic carbocycles. The van der Waals surface area contributed by atoms with Crippen LogP contribution in [0.1, 0.15) is 33.6 Å². The highest BCUT2D eigenvalue weighted by molar-refractivity contribution is 5.81. The van der Waals surface area contributed by atoms with Gasteiger partial charge in [-0.15, -0.1) is 0 Å². The summed E-state index contributed by atoms with van der Waals surface area (Å²) in [6.07, 6.45) is 0.962. The van der Waals surface area contributed by atoms with Crippen LogP contribution in [-0.4, -0.2) is 34.9 Å². The van der Waals surface area contributed by atoms with Crippen LogP contribution in [0.4, 0.5) is 0 Å². The van der Waals surface area contributed by atoms with E-state index in [1.54, 1.807) is 4.90 Å². The maximum atomic E-state index is 11.9. The van der Waals surface area contributed by atoms with Crippen molar-refractivity contribution in [3.63, 3.8) is 0 Å². The van der Waals surface area contributed by atoms with Gasteiger partial charge >= 0.3 is 0 Å². The van der Waals surface area contributed by atoms with Crippen LogP contribution >= 0.6 is 0 Å². The predicted molar refractivity (Wildman–Crippen MR) is 56.1 cm³/mol. The summed E-state index contributed by atoms with van der Waals surface area (Å²) in [6, 6.07) is -0.464. The van der Waals surface area contributed by atoms with E-state index < -0.39 is 6.04 Å². The average molecular weight is 214 g/mol. The van der Waals surface area contributed by atoms with Gasteiger partial charge in [0.1, 0.15) is 0 Å². The fourth-order valence-corrected chi connectivity index (χ4v) is 1.75. The van der Waals surface area contributed by atoms with Gasteiger partial charge in [0.15, 0.2) is 0 Å². The predicted octanol–water partition coefficient (Wildman–Crippen LogP) is 1.30. The second-order valence-electron chi connectivity index (χ2n) is 5.06. The highest BCUT2D eigenvalue weighted by Crippen LogP contribution is 2.21. The van der Waals surface area contributed by atoms with Crippen LogP contribution in [-0.2, 0) is 4.79 Å². The first kappa shape index (κ1) is 11.9. The van der Waals surface area contributed by atoms with Crippen LogP contribution in [0.3, 0.4) is 0 Å². The third kappa shape index (κ3) is 2.91. The summed E-state index contributed by atoms with van der Waals surface area (Å²) in [6.45, 7) is 6.64. The van der Waals surface area contributed by atoms with E-state index >= 15 is 0 Å². The second kappa shape index (κ2) is 4.16. The van der Waals surface area contributed by atoms with E-state index in [4.69, 9.17) is 0 Å². The Hall–Kier alpha value is -1.13. The Labute approximate surface area is 89.6 Å². The molecule has 5 nitrogen and oxygen atoms in total. The lowest BCUT2D eigenvalue weighted by Gasteiger charge is -2.33. The van der Waals surface area contributed by atoms with Gasteiger partial charge in [0, 0.05) is 36.3 Å². The Kier molecular flexibility index (Phi) is 3.31. The van der Waals surface area contributed by atoms with Gasteiger partial charge in [0.2, 0.25) is 11.9 Å². The Bertz CT molecular complexity index is 262. The fourth-order valence-electron chi connectivity index (χ4n) is 1.75. The smallest absolute Gasteiger partial charge is 0.227 e. The maximum Gasteiger partial charge on any atom is 0.227 e. The number of hydrogen-bond donors (Lipinski definition) is 0. The molecule has 0 saturated carbocycles.